The number of nitrogen functional groups attached to an aromatic ring is 1. The number of hydrogen-bond donors (Lipinski definition) is 3. The number of anilines is 1. The second-order valence-corrected chi connectivity index (χ2v) is 9.74. The van der Waals surface area contributed by atoms with Gasteiger partial charge in [0.2, 0.25) is 10.0 Å². The van der Waals surface area contributed by atoms with Crippen molar-refractivity contribution in [1.29, 1.82) is 0 Å². The molecule has 0 unspecified atom stereocenters. The molecule has 9 nitrogen and oxygen atoms in total. The van der Waals surface area contributed by atoms with Crippen LogP contribution >= 0.6 is 11.3 Å². The summed E-state index contributed by atoms with van der Waals surface area (Å²) in [6.45, 7) is 1.11. The maximum Gasteiger partial charge on any atom is 0.349 e. The van der Waals surface area contributed by atoms with E-state index in [4.69, 9.17) is 16.2 Å². The largest absolute Gasteiger partial charge is 0.387 e. The van der Waals surface area contributed by atoms with E-state index in [2.05, 4.69) is 9.71 Å². The Labute approximate surface area is 189 Å². The van der Waals surface area contributed by atoms with Crippen molar-refractivity contribution in [2.24, 2.45) is 5.73 Å². The first-order valence-electron chi connectivity index (χ1n) is 9.50. The number of aromatic nitrogens is 1. The molecule has 0 radical (unpaired) electrons. The number of aryl methyl sites for hydroxylation is 2. The number of carbonyl (C=O) groups is 2. The van der Waals surface area contributed by atoms with Gasteiger partial charge in [-0.3, -0.25) is 0 Å². The number of thiazole rings is 1. The Kier molecular flexibility index (Phi) is 7.04. The van der Waals surface area contributed by atoms with Gasteiger partial charge in [0.25, 0.3) is 0 Å². The first-order valence-corrected chi connectivity index (χ1v) is 11.9. The van der Waals surface area contributed by atoms with E-state index in [1.54, 1.807) is 18.2 Å². The van der Waals surface area contributed by atoms with Gasteiger partial charge in [-0.2, -0.15) is 4.72 Å². The normalized spacial score (nSPS) is 13.3. The predicted octanol–water partition coefficient (Wildman–Crippen LogP) is 1.85. The van der Waals surface area contributed by atoms with Crippen molar-refractivity contribution in [2.45, 2.75) is 30.3 Å². The average Bonchev–Trinajstić information content (AvgIpc) is 3.17. The number of esters is 2. The summed E-state index contributed by atoms with van der Waals surface area (Å²) in [6, 6.07) is 13.9. The molecule has 1 aromatic heterocycles. The SMILES string of the molecule is C[C@](N)(NS(=O)(=O)c1ccccc1)C(=O)OC(=O)c1ccc(CCc2csc(N)n2)cc1. The van der Waals surface area contributed by atoms with E-state index in [0.717, 1.165) is 18.2 Å². The van der Waals surface area contributed by atoms with Crippen LogP contribution in [0.1, 0.15) is 28.5 Å². The minimum atomic E-state index is -4.10. The Morgan fingerprint density at radius 1 is 1.09 bits per heavy atom. The maximum atomic E-state index is 12.4. The van der Waals surface area contributed by atoms with Crippen molar-refractivity contribution < 1.29 is 22.7 Å². The topological polar surface area (TPSA) is 154 Å². The summed E-state index contributed by atoms with van der Waals surface area (Å²) >= 11 is 1.38. The van der Waals surface area contributed by atoms with E-state index in [9.17, 15) is 18.0 Å². The van der Waals surface area contributed by atoms with Crippen molar-refractivity contribution in [3.63, 3.8) is 0 Å². The first kappa shape index (κ1) is 23.5. The van der Waals surface area contributed by atoms with Crippen LogP contribution in [0.4, 0.5) is 5.13 Å². The Hall–Kier alpha value is -3.12. The quantitative estimate of drug-likeness (QED) is 0.254. The molecule has 168 valence electrons. The molecule has 0 bridgehead atoms. The zero-order chi connectivity index (χ0) is 23.4. The van der Waals surface area contributed by atoms with Gasteiger partial charge >= 0.3 is 11.9 Å². The first-order chi connectivity index (χ1) is 15.1. The third kappa shape index (κ3) is 5.98. The highest BCUT2D eigenvalue weighted by molar-refractivity contribution is 7.89. The molecule has 0 aliphatic heterocycles. The molecule has 3 rings (SSSR count). The van der Waals surface area contributed by atoms with Gasteiger partial charge in [-0.25, -0.2) is 23.0 Å². The summed E-state index contributed by atoms with van der Waals surface area (Å²) in [7, 11) is -4.10. The molecule has 11 heteroatoms. The molecule has 3 aromatic rings. The number of benzene rings is 2. The smallest absolute Gasteiger partial charge is 0.349 e. The second kappa shape index (κ2) is 9.57. The van der Waals surface area contributed by atoms with Gasteiger partial charge in [0.05, 0.1) is 16.2 Å². The van der Waals surface area contributed by atoms with Crippen LogP contribution in [0.3, 0.4) is 0 Å². The summed E-state index contributed by atoms with van der Waals surface area (Å²) in [5.41, 5.74) is 11.2. The number of nitrogens with one attached hydrogen (secondary N) is 1. The maximum absolute atomic E-state index is 12.4. The van der Waals surface area contributed by atoms with Gasteiger partial charge in [-0.05, 0) is 49.6 Å². The van der Waals surface area contributed by atoms with E-state index in [0.29, 0.717) is 18.0 Å². The molecule has 0 saturated carbocycles. The van der Waals surface area contributed by atoms with E-state index in [-0.39, 0.29) is 10.5 Å². The number of ether oxygens (including phenoxy) is 1. The summed E-state index contributed by atoms with van der Waals surface area (Å²) in [5.74, 6) is -2.17. The molecule has 0 aliphatic rings. The molecule has 5 N–H and O–H groups in total. The standard InChI is InChI=1S/C21H22N4O5S2/c1-21(23,25-32(28,29)17-5-3-2-4-6-17)19(27)30-18(26)15-10-7-14(8-11-15)9-12-16-13-31-20(22)24-16/h2-8,10-11,13,25H,9,12,23H2,1H3,(H2,22,24)/t21-/m0/s1. The predicted molar refractivity (Wildman–Crippen MR) is 120 cm³/mol. The fourth-order valence-corrected chi connectivity index (χ4v) is 4.62. The van der Waals surface area contributed by atoms with Crippen molar-refractivity contribution in [3.05, 3.63) is 76.8 Å². The number of nitrogens with zero attached hydrogens (tertiary/aromatic N) is 1. The fourth-order valence-electron chi connectivity index (χ4n) is 2.75. The third-order valence-electron chi connectivity index (χ3n) is 4.44. The van der Waals surface area contributed by atoms with E-state index in [1.165, 1.54) is 47.7 Å². The molecule has 32 heavy (non-hydrogen) atoms. The van der Waals surface area contributed by atoms with Crippen molar-refractivity contribution in [1.82, 2.24) is 9.71 Å². The zero-order valence-corrected chi connectivity index (χ0v) is 18.8. The van der Waals surface area contributed by atoms with E-state index < -0.39 is 27.6 Å². The number of carbonyl (C=O) groups excluding carboxylic acids is 2. The molecular formula is C21H22N4O5S2. The molecule has 0 fully saturated rings. The van der Waals surface area contributed by atoms with E-state index in [1.807, 2.05) is 5.38 Å². The molecule has 0 spiro atoms. The summed E-state index contributed by atoms with van der Waals surface area (Å²) in [4.78, 5) is 28.8. The summed E-state index contributed by atoms with van der Waals surface area (Å²) in [6.07, 6.45) is 1.39. The Morgan fingerprint density at radius 3 is 2.34 bits per heavy atom. The molecule has 0 amide bonds. The van der Waals surface area contributed by atoms with Gasteiger partial charge in [0.1, 0.15) is 0 Å². The third-order valence-corrected chi connectivity index (χ3v) is 6.75. The average molecular weight is 475 g/mol. The van der Waals surface area contributed by atoms with Crippen LogP contribution in [-0.2, 0) is 32.4 Å². The van der Waals surface area contributed by atoms with Crippen LogP contribution in [0, 0.1) is 0 Å². The highest BCUT2D eigenvalue weighted by Crippen LogP contribution is 2.15. The van der Waals surface area contributed by atoms with Gasteiger partial charge in [-0.15, -0.1) is 11.3 Å². The lowest BCUT2D eigenvalue weighted by atomic mass is 10.1. The fraction of sp³-hybridized carbons (Fsp3) is 0.190. The van der Waals surface area contributed by atoms with Crippen LogP contribution in [0.5, 0.6) is 0 Å². The van der Waals surface area contributed by atoms with Crippen molar-refractivity contribution in [3.8, 4) is 0 Å². The van der Waals surface area contributed by atoms with Crippen molar-refractivity contribution in [2.75, 3.05) is 5.73 Å². The number of hydrogen-bond acceptors (Lipinski definition) is 9. The Bertz CT molecular complexity index is 1210. The van der Waals surface area contributed by atoms with Crippen LogP contribution in [0.15, 0.2) is 64.9 Å². The Morgan fingerprint density at radius 2 is 1.75 bits per heavy atom. The van der Waals surface area contributed by atoms with Gasteiger partial charge in [0, 0.05) is 5.38 Å². The number of nitrogens with two attached hydrogens (primary N) is 2. The monoisotopic (exact) mass is 474 g/mol. The lowest BCUT2D eigenvalue weighted by Crippen LogP contribution is -2.60. The summed E-state index contributed by atoms with van der Waals surface area (Å²) in [5, 5.41) is 2.41. The highest BCUT2D eigenvalue weighted by Gasteiger charge is 2.37. The second-order valence-electron chi connectivity index (χ2n) is 7.17. The van der Waals surface area contributed by atoms with Gasteiger partial charge in [0.15, 0.2) is 10.8 Å². The molecule has 0 saturated heterocycles. The molecule has 2 aromatic carbocycles. The highest BCUT2D eigenvalue weighted by atomic mass is 32.2. The molecule has 1 heterocycles. The van der Waals surface area contributed by atoms with Crippen LogP contribution in [0.25, 0.3) is 0 Å². The van der Waals surface area contributed by atoms with E-state index >= 15 is 0 Å². The van der Waals surface area contributed by atoms with Crippen molar-refractivity contribution >= 4 is 38.4 Å². The Balaban J connectivity index is 1.59. The molecule has 1 atom stereocenters. The number of sulfonamides is 1. The van der Waals surface area contributed by atoms with Gasteiger partial charge in [-0.1, -0.05) is 30.3 Å². The van der Waals surface area contributed by atoms with Gasteiger partial charge < -0.3 is 16.2 Å². The minimum absolute atomic E-state index is 0.0771. The lowest BCUT2D eigenvalue weighted by Gasteiger charge is -2.23. The summed E-state index contributed by atoms with van der Waals surface area (Å²) < 4.78 is 31.7. The minimum Gasteiger partial charge on any atom is -0.387 e. The number of rotatable bonds is 8. The van der Waals surface area contributed by atoms with Crippen LogP contribution in [0.2, 0.25) is 0 Å². The van der Waals surface area contributed by atoms with Crippen LogP contribution < -0.4 is 16.2 Å². The molecular weight excluding hydrogens is 452 g/mol. The van der Waals surface area contributed by atoms with Crippen LogP contribution in [-0.4, -0.2) is 31.0 Å². The lowest BCUT2D eigenvalue weighted by molar-refractivity contribution is -0.144. The zero-order valence-electron chi connectivity index (χ0n) is 17.1. The molecule has 0 aliphatic carbocycles.